The molecule has 0 N–H and O–H groups in total. The van der Waals surface area contributed by atoms with Gasteiger partial charge in [-0.3, -0.25) is 4.79 Å². The van der Waals surface area contributed by atoms with Gasteiger partial charge in [-0.2, -0.15) is 0 Å². The van der Waals surface area contributed by atoms with Crippen molar-refractivity contribution in [1.82, 2.24) is 0 Å². The van der Waals surface area contributed by atoms with E-state index in [1.807, 2.05) is 24.3 Å². The van der Waals surface area contributed by atoms with Crippen molar-refractivity contribution >= 4 is 27.0 Å². The molecule has 3 rings (SSSR count). The van der Waals surface area contributed by atoms with Crippen LogP contribution >= 0.6 is 0 Å². The van der Waals surface area contributed by atoms with Crippen molar-refractivity contribution in [2.75, 3.05) is 6.26 Å². The topological polar surface area (TPSA) is 60.4 Å². The van der Waals surface area contributed by atoms with Gasteiger partial charge in [0.2, 0.25) is 5.78 Å². The van der Waals surface area contributed by atoms with Gasteiger partial charge >= 0.3 is 0 Å². The molecule has 0 spiro atoms. The van der Waals surface area contributed by atoms with Gasteiger partial charge in [-0.1, -0.05) is 38.1 Å². The Morgan fingerprint density at radius 3 is 2.11 bits per heavy atom. The van der Waals surface area contributed by atoms with Crippen molar-refractivity contribution in [3.63, 3.8) is 0 Å². The van der Waals surface area contributed by atoms with Gasteiger partial charge in [-0.15, -0.1) is 0 Å². The van der Waals surface area contributed by atoms with Crippen LogP contribution in [0.25, 0.3) is 11.3 Å². The maximum Gasteiger partial charge on any atom is 0.210 e. The fourth-order valence-corrected chi connectivity index (χ4v) is 3.92. The van der Waals surface area contributed by atoms with E-state index in [0.29, 0.717) is 16.9 Å². The van der Waals surface area contributed by atoms with Crippen LogP contribution < -0.4 is 0 Å². The van der Waals surface area contributed by atoms with E-state index in [2.05, 4.69) is 13.8 Å². The van der Waals surface area contributed by atoms with E-state index in [9.17, 15) is 13.2 Å². The molecular formula is C22H24O4S. The lowest BCUT2D eigenvalue weighted by Crippen LogP contribution is -2.29. The lowest BCUT2D eigenvalue weighted by atomic mass is 9.87. The second-order valence-electron chi connectivity index (χ2n) is 7.68. The fraction of sp³-hybridized carbons (Fsp3) is 0.318. The molecule has 5 heteroatoms. The van der Waals surface area contributed by atoms with Gasteiger partial charge in [0.05, 0.1) is 10.5 Å². The molecule has 27 heavy (non-hydrogen) atoms. The van der Waals surface area contributed by atoms with E-state index in [1.54, 1.807) is 38.1 Å². The van der Waals surface area contributed by atoms with Crippen molar-refractivity contribution in [1.29, 1.82) is 0 Å². The van der Waals surface area contributed by atoms with Crippen LogP contribution in [0.3, 0.4) is 0 Å². The predicted octanol–water partition coefficient (Wildman–Crippen LogP) is 4.46. The van der Waals surface area contributed by atoms with Gasteiger partial charge in [0, 0.05) is 11.8 Å². The minimum Gasteiger partial charge on any atom is -0.478 e. The van der Waals surface area contributed by atoms with Crippen LogP contribution in [-0.2, 0) is 19.4 Å². The number of rotatable bonds is 4. The lowest BCUT2D eigenvalue weighted by Gasteiger charge is -2.18. The zero-order valence-corrected chi connectivity index (χ0v) is 17.1. The Kier molecular flexibility index (Phi) is 4.76. The molecular weight excluding hydrogens is 360 g/mol. The number of ketones is 1. The van der Waals surface area contributed by atoms with Gasteiger partial charge in [0.25, 0.3) is 0 Å². The van der Waals surface area contributed by atoms with Crippen LogP contribution in [0.1, 0.15) is 50.3 Å². The number of benzene rings is 2. The number of sulfone groups is 1. The Morgan fingerprint density at radius 1 is 0.963 bits per heavy atom. The van der Waals surface area contributed by atoms with Crippen molar-refractivity contribution in [2.45, 2.75) is 44.1 Å². The highest BCUT2D eigenvalue weighted by atomic mass is 32.2. The summed E-state index contributed by atoms with van der Waals surface area (Å²) in [5.74, 6) is 0.676. The maximum atomic E-state index is 13.1. The van der Waals surface area contributed by atoms with Crippen LogP contribution in [0.2, 0.25) is 0 Å². The molecule has 0 unspecified atom stereocenters. The first kappa shape index (κ1) is 19.4. The Labute approximate surface area is 160 Å². The summed E-state index contributed by atoms with van der Waals surface area (Å²) in [7, 11) is -3.28. The molecule has 142 valence electrons. The average Bonchev–Trinajstić information content (AvgIpc) is 2.84. The molecule has 1 heterocycles. The summed E-state index contributed by atoms with van der Waals surface area (Å²) >= 11 is 0. The standard InChI is InChI=1S/C22H24O4S/c1-14(2)17-8-6-7-9-18(17)19-20(26-22(3,4)21(19)23)15-10-12-16(13-11-15)27(5,24)25/h6-14H,1-5H3. The van der Waals surface area contributed by atoms with Crippen LogP contribution in [0.15, 0.2) is 53.4 Å². The van der Waals surface area contributed by atoms with Gasteiger partial charge in [0.15, 0.2) is 15.4 Å². The smallest absolute Gasteiger partial charge is 0.210 e. The van der Waals surface area contributed by atoms with Crippen molar-refractivity contribution in [3.05, 3.63) is 65.2 Å². The quantitative estimate of drug-likeness (QED) is 0.781. The summed E-state index contributed by atoms with van der Waals surface area (Å²) in [5.41, 5.74) is 2.22. The highest BCUT2D eigenvalue weighted by molar-refractivity contribution is 7.90. The van der Waals surface area contributed by atoms with Gasteiger partial charge in [0.1, 0.15) is 5.76 Å². The van der Waals surface area contributed by atoms with Crippen LogP contribution in [0.5, 0.6) is 0 Å². The third-order valence-electron chi connectivity index (χ3n) is 4.75. The maximum absolute atomic E-state index is 13.1. The number of hydrogen-bond acceptors (Lipinski definition) is 4. The van der Waals surface area contributed by atoms with Crippen molar-refractivity contribution in [2.24, 2.45) is 0 Å². The van der Waals surface area contributed by atoms with Gasteiger partial charge in [-0.05, 0) is 55.2 Å². The molecule has 2 aromatic rings. The molecule has 2 aromatic carbocycles. The van der Waals surface area contributed by atoms with Crippen molar-refractivity contribution < 1.29 is 17.9 Å². The van der Waals surface area contributed by atoms with Crippen LogP contribution in [0, 0.1) is 0 Å². The molecule has 0 amide bonds. The average molecular weight is 384 g/mol. The molecule has 0 aromatic heterocycles. The number of hydrogen-bond donors (Lipinski definition) is 0. The SMILES string of the molecule is CC(C)c1ccccc1C1=C(c2ccc(S(C)(=O)=O)cc2)OC(C)(C)C1=O. The highest BCUT2D eigenvalue weighted by Crippen LogP contribution is 2.43. The molecule has 0 aliphatic carbocycles. The Bertz CT molecular complexity index is 1030. The summed E-state index contributed by atoms with van der Waals surface area (Å²) in [6.45, 7) is 7.69. The molecule has 0 saturated carbocycles. The second kappa shape index (κ2) is 6.64. The second-order valence-corrected chi connectivity index (χ2v) is 9.70. The minimum atomic E-state index is -3.28. The number of carbonyl (C=O) groups excluding carboxylic acids is 1. The number of ether oxygens (including phenoxy) is 1. The zero-order chi connectivity index (χ0) is 20.0. The Morgan fingerprint density at radius 2 is 1.56 bits per heavy atom. The van der Waals surface area contributed by atoms with Crippen LogP contribution in [0.4, 0.5) is 0 Å². The largest absolute Gasteiger partial charge is 0.478 e. The summed E-state index contributed by atoms with van der Waals surface area (Å²) in [6, 6.07) is 14.3. The van der Waals surface area contributed by atoms with Gasteiger partial charge in [-0.25, -0.2) is 8.42 Å². The monoisotopic (exact) mass is 384 g/mol. The lowest BCUT2D eigenvalue weighted by molar-refractivity contribution is -0.125. The van der Waals surface area contributed by atoms with Crippen molar-refractivity contribution in [3.8, 4) is 0 Å². The molecule has 0 radical (unpaired) electrons. The van der Waals surface area contributed by atoms with Crippen LogP contribution in [-0.4, -0.2) is 26.1 Å². The summed E-state index contributed by atoms with van der Waals surface area (Å²) in [6.07, 6.45) is 1.17. The first-order chi connectivity index (χ1) is 12.5. The summed E-state index contributed by atoms with van der Waals surface area (Å²) in [5, 5.41) is 0. The summed E-state index contributed by atoms with van der Waals surface area (Å²) in [4.78, 5) is 13.4. The molecule has 0 fully saturated rings. The molecule has 0 bridgehead atoms. The predicted molar refractivity (Wildman–Crippen MR) is 107 cm³/mol. The first-order valence-electron chi connectivity index (χ1n) is 8.90. The molecule has 0 atom stereocenters. The minimum absolute atomic E-state index is 0.0715. The Hall–Kier alpha value is -2.40. The molecule has 4 nitrogen and oxygen atoms in total. The van der Waals surface area contributed by atoms with E-state index in [1.165, 1.54) is 6.26 Å². The van der Waals surface area contributed by atoms with Gasteiger partial charge < -0.3 is 4.74 Å². The van der Waals surface area contributed by atoms with E-state index in [-0.39, 0.29) is 16.6 Å². The molecule has 1 aliphatic rings. The Balaban J connectivity index is 2.22. The number of carbonyl (C=O) groups is 1. The summed E-state index contributed by atoms with van der Waals surface area (Å²) < 4.78 is 29.5. The third-order valence-corrected chi connectivity index (χ3v) is 5.88. The number of Topliss-reactive ketones (excluding diaryl/α,β-unsaturated/α-hetero) is 1. The first-order valence-corrected chi connectivity index (χ1v) is 10.8. The van der Waals surface area contributed by atoms with E-state index < -0.39 is 15.4 Å². The zero-order valence-electron chi connectivity index (χ0n) is 16.2. The van der Waals surface area contributed by atoms with E-state index >= 15 is 0 Å². The third kappa shape index (κ3) is 3.56. The van der Waals surface area contributed by atoms with E-state index in [0.717, 1.165) is 11.1 Å². The fourth-order valence-electron chi connectivity index (χ4n) is 3.29. The van der Waals surface area contributed by atoms with E-state index in [4.69, 9.17) is 4.74 Å². The highest BCUT2D eigenvalue weighted by Gasteiger charge is 2.43. The molecule has 0 saturated heterocycles. The normalized spacial score (nSPS) is 16.7. The molecule has 1 aliphatic heterocycles.